The van der Waals surface area contributed by atoms with Gasteiger partial charge in [-0.1, -0.05) is 30.3 Å². The molecule has 1 heterocycles. The average molecular weight is 391 g/mol. The molecule has 8 heteroatoms. The van der Waals surface area contributed by atoms with Crippen molar-refractivity contribution >= 4 is 18.0 Å². The normalized spacial score (nSPS) is 15.9. The minimum atomic E-state index is -1.19. The van der Waals surface area contributed by atoms with Crippen LogP contribution >= 0.6 is 0 Å². The van der Waals surface area contributed by atoms with Crippen molar-refractivity contribution in [3.63, 3.8) is 0 Å². The lowest BCUT2D eigenvalue weighted by Crippen LogP contribution is -2.51. The topological polar surface area (TPSA) is 99.2 Å². The van der Waals surface area contributed by atoms with Crippen molar-refractivity contribution in [1.82, 2.24) is 15.1 Å². The number of benzene rings is 1. The van der Waals surface area contributed by atoms with E-state index in [1.807, 2.05) is 18.2 Å². The molecule has 154 valence electrons. The van der Waals surface area contributed by atoms with Gasteiger partial charge in [-0.25, -0.2) is 9.59 Å². The third kappa shape index (κ3) is 6.84. The van der Waals surface area contributed by atoms with Crippen molar-refractivity contribution in [2.75, 3.05) is 26.2 Å². The molecule has 2 N–H and O–H groups in total. The molecule has 1 aliphatic heterocycles. The Hall–Kier alpha value is -2.61. The number of hydrogen-bond acceptors (Lipinski definition) is 5. The van der Waals surface area contributed by atoms with Crippen molar-refractivity contribution in [2.24, 2.45) is 0 Å². The highest BCUT2D eigenvalue weighted by molar-refractivity contribution is 5.81. The Morgan fingerprint density at radius 2 is 1.75 bits per heavy atom. The number of nitrogens with zero attached hydrogens (tertiary/aromatic N) is 2. The highest BCUT2D eigenvalue weighted by Gasteiger charge is 2.26. The zero-order valence-electron chi connectivity index (χ0n) is 16.5. The van der Waals surface area contributed by atoms with Crippen LogP contribution in [-0.2, 0) is 20.9 Å². The number of carbonyl (C=O) groups excluding carboxylic acids is 2. The van der Waals surface area contributed by atoms with E-state index in [-0.39, 0.29) is 25.4 Å². The molecule has 0 saturated carbocycles. The molecule has 1 atom stereocenters. The molecule has 0 spiro atoms. The Kier molecular flexibility index (Phi) is 8.25. The molecule has 0 radical (unpaired) electrons. The molecule has 1 aromatic carbocycles. The predicted octanol–water partition coefficient (Wildman–Crippen LogP) is 1.70. The number of carboxylic acid groups (broad SMARTS) is 1. The molecule has 1 aromatic rings. The second-order valence-corrected chi connectivity index (χ2v) is 7.15. The zero-order chi connectivity index (χ0) is 20.5. The van der Waals surface area contributed by atoms with Crippen LogP contribution in [0.4, 0.5) is 4.79 Å². The summed E-state index contributed by atoms with van der Waals surface area (Å²) in [5.41, 5.74) is 0.806. The Labute approximate surface area is 165 Å². The fourth-order valence-corrected chi connectivity index (χ4v) is 3.08. The van der Waals surface area contributed by atoms with E-state index in [9.17, 15) is 19.5 Å². The van der Waals surface area contributed by atoms with E-state index in [1.54, 1.807) is 17.0 Å². The van der Waals surface area contributed by atoms with E-state index in [1.165, 1.54) is 0 Å². The molecule has 2 rings (SSSR count). The fourth-order valence-electron chi connectivity index (χ4n) is 3.08. The van der Waals surface area contributed by atoms with Crippen LogP contribution in [0.3, 0.4) is 0 Å². The predicted molar refractivity (Wildman–Crippen MR) is 104 cm³/mol. The number of piperazine rings is 1. The zero-order valence-corrected chi connectivity index (χ0v) is 16.5. The van der Waals surface area contributed by atoms with Gasteiger partial charge in [0.05, 0.1) is 0 Å². The highest BCUT2D eigenvalue weighted by Crippen LogP contribution is 2.09. The summed E-state index contributed by atoms with van der Waals surface area (Å²) in [6.07, 6.45) is -0.717. The summed E-state index contributed by atoms with van der Waals surface area (Å²) in [5.74, 6) is -1.27. The molecular formula is C20H29N3O5. The van der Waals surface area contributed by atoms with E-state index >= 15 is 0 Å². The molecule has 1 aliphatic rings. The number of nitrogens with one attached hydrogen (secondary N) is 1. The van der Waals surface area contributed by atoms with Crippen molar-refractivity contribution in [1.29, 1.82) is 0 Å². The number of aliphatic carboxylic acids is 1. The minimum Gasteiger partial charge on any atom is -0.480 e. The molecule has 2 amide bonds. The third-order valence-electron chi connectivity index (χ3n) is 4.85. The van der Waals surface area contributed by atoms with Crippen molar-refractivity contribution in [3.05, 3.63) is 35.9 Å². The van der Waals surface area contributed by atoms with E-state index in [2.05, 4.69) is 24.1 Å². The van der Waals surface area contributed by atoms with Gasteiger partial charge in [-0.15, -0.1) is 0 Å². The van der Waals surface area contributed by atoms with Gasteiger partial charge in [0.2, 0.25) is 5.91 Å². The molecule has 1 fully saturated rings. The Balaban J connectivity index is 1.75. The van der Waals surface area contributed by atoms with Gasteiger partial charge in [-0.3, -0.25) is 9.69 Å². The molecule has 0 unspecified atom stereocenters. The minimum absolute atomic E-state index is 0.0268. The van der Waals surface area contributed by atoms with Gasteiger partial charge in [0.1, 0.15) is 12.6 Å². The first kappa shape index (κ1) is 21.7. The number of carboxylic acids is 1. The first-order chi connectivity index (χ1) is 13.4. The summed E-state index contributed by atoms with van der Waals surface area (Å²) < 4.78 is 5.05. The first-order valence-electron chi connectivity index (χ1n) is 9.58. The van der Waals surface area contributed by atoms with Crippen LogP contribution in [0.1, 0.15) is 32.3 Å². The van der Waals surface area contributed by atoms with Gasteiger partial charge in [0, 0.05) is 38.6 Å². The largest absolute Gasteiger partial charge is 0.480 e. The van der Waals surface area contributed by atoms with Crippen LogP contribution < -0.4 is 5.32 Å². The summed E-state index contributed by atoms with van der Waals surface area (Å²) in [7, 11) is 0. The van der Waals surface area contributed by atoms with Crippen molar-refractivity contribution < 1.29 is 24.2 Å². The summed E-state index contributed by atoms with van der Waals surface area (Å²) in [5, 5.41) is 11.7. The second kappa shape index (κ2) is 10.7. The number of ether oxygens (including phenoxy) is 1. The molecule has 1 saturated heterocycles. The standard InChI is InChI=1S/C20H29N3O5/c1-15(2)22-10-12-23(13-11-22)18(24)9-8-17(19(25)26)21-20(27)28-14-16-6-4-3-5-7-16/h3-7,15,17H,8-14H2,1-2H3,(H,21,27)(H,25,26)/t17-/m0/s1. The molecule has 0 aliphatic carbocycles. The van der Waals surface area contributed by atoms with Crippen LogP contribution in [-0.4, -0.2) is 71.1 Å². The van der Waals surface area contributed by atoms with Crippen molar-refractivity contribution in [3.8, 4) is 0 Å². The van der Waals surface area contributed by atoms with Gasteiger partial charge >= 0.3 is 12.1 Å². The first-order valence-corrected chi connectivity index (χ1v) is 9.58. The Bertz CT molecular complexity index is 657. The van der Waals surface area contributed by atoms with Crippen LogP contribution in [0, 0.1) is 0 Å². The second-order valence-electron chi connectivity index (χ2n) is 7.15. The SMILES string of the molecule is CC(C)N1CCN(C(=O)CC[C@H](NC(=O)OCc2ccccc2)C(=O)O)CC1. The quantitative estimate of drug-likeness (QED) is 0.700. The smallest absolute Gasteiger partial charge is 0.408 e. The summed E-state index contributed by atoms with van der Waals surface area (Å²) in [4.78, 5) is 39.7. The molecule has 28 heavy (non-hydrogen) atoms. The van der Waals surface area contributed by atoms with E-state index in [0.717, 1.165) is 18.7 Å². The van der Waals surface area contributed by atoms with Crippen LogP contribution in [0.5, 0.6) is 0 Å². The highest BCUT2D eigenvalue weighted by atomic mass is 16.5. The maximum atomic E-state index is 12.4. The van der Waals surface area contributed by atoms with E-state index in [4.69, 9.17) is 4.74 Å². The lowest BCUT2D eigenvalue weighted by atomic mass is 10.1. The summed E-state index contributed by atoms with van der Waals surface area (Å²) in [6, 6.07) is 8.39. The summed E-state index contributed by atoms with van der Waals surface area (Å²) in [6.45, 7) is 7.21. The number of carbonyl (C=O) groups is 3. The maximum Gasteiger partial charge on any atom is 0.408 e. The average Bonchev–Trinajstić information content (AvgIpc) is 2.70. The molecule has 0 aromatic heterocycles. The Morgan fingerprint density at radius 3 is 2.32 bits per heavy atom. The molecule has 0 bridgehead atoms. The number of alkyl carbamates (subject to hydrolysis) is 1. The van der Waals surface area contributed by atoms with Crippen LogP contribution in [0.25, 0.3) is 0 Å². The third-order valence-corrected chi connectivity index (χ3v) is 4.85. The summed E-state index contributed by atoms with van der Waals surface area (Å²) >= 11 is 0. The van der Waals surface area contributed by atoms with Crippen LogP contribution in [0.15, 0.2) is 30.3 Å². The number of rotatable bonds is 8. The monoisotopic (exact) mass is 391 g/mol. The fraction of sp³-hybridized carbons (Fsp3) is 0.550. The lowest BCUT2D eigenvalue weighted by molar-refractivity contribution is -0.140. The van der Waals surface area contributed by atoms with Gasteiger partial charge in [-0.2, -0.15) is 0 Å². The lowest BCUT2D eigenvalue weighted by Gasteiger charge is -2.37. The molecular weight excluding hydrogens is 362 g/mol. The number of hydrogen-bond donors (Lipinski definition) is 2. The van der Waals surface area contributed by atoms with Crippen molar-refractivity contribution in [2.45, 2.75) is 45.4 Å². The maximum absolute atomic E-state index is 12.4. The van der Waals surface area contributed by atoms with Gasteiger partial charge in [0.15, 0.2) is 0 Å². The molecule has 8 nitrogen and oxygen atoms in total. The van der Waals surface area contributed by atoms with Crippen LogP contribution in [0.2, 0.25) is 0 Å². The van der Waals surface area contributed by atoms with E-state index < -0.39 is 18.1 Å². The van der Waals surface area contributed by atoms with Gasteiger partial charge < -0.3 is 20.1 Å². The van der Waals surface area contributed by atoms with Gasteiger partial charge in [0.25, 0.3) is 0 Å². The Morgan fingerprint density at radius 1 is 1.11 bits per heavy atom. The van der Waals surface area contributed by atoms with Gasteiger partial charge in [-0.05, 0) is 25.8 Å². The number of amides is 2. The van der Waals surface area contributed by atoms with E-state index in [0.29, 0.717) is 19.1 Å².